The second-order valence-corrected chi connectivity index (χ2v) is 3.82. The highest BCUT2D eigenvalue weighted by molar-refractivity contribution is 5.89. The van der Waals surface area contributed by atoms with Gasteiger partial charge in [0.25, 0.3) is 5.69 Å². The third-order valence-corrected chi connectivity index (χ3v) is 2.73. The first-order chi connectivity index (χ1) is 8.24. The molecule has 0 radical (unpaired) electrons. The highest BCUT2D eigenvalue weighted by Gasteiger charge is 2.13. The minimum atomic E-state index is -0.345. The van der Waals surface area contributed by atoms with Gasteiger partial charge in [-0.1, -0.05) is 6.07 Å². The third-order valence-electron chi connectivity index (χ3n) is 2.73. The molecule has 0 aliphatic heterocycles. The summed E-state index contributed by atoms with van der Waals surface area (Å²) in [4.78, 5) is 10.5. The van der Waals surface area contributed by atoms with Crippen LogP contribution >= 0.6 is 0 Å². The summed E-state index contributed by atoms with van der Waals surface area (Å²) in [6.45, 7) is 1.49. The summed E-state index contributed by atoms with van der Waals surface area (Å²) in [5.74, 6) is 0. The van der Waals surface area contributed by atoms with Gasteiger partial charge in [-0.25, -0.2) is 0 Å². The number of ether oxygens (including phenoxy) is 1. The fourth-order valence-corrected chi connectivity index (χ4v) is 1.94. The van der Waals surface area contributed by atoms with Gasteiger partial charge in [-0.15, -0.1) is 0 Å². The number of benzene rings is 1. The fraction of sp³-hybridized carbons (Fsp3) is 0.333. The number of hydrogen-bond donors (Lipinski definition) is 0. The molecule has 1 aromatic heterocycles. The predicted molar refractivity (Wildman–Crippen MR) is 65.1 cm³/mol. The van der Waals surface area contributed by atoms with Gasteiger partial charge in [0.05, 0.1) is 15.8 Å². The molecule has 0 aliphatic carbocycles. The Hall–Kier alpha value is -1.88. The molecule has 90 valence electrons. The smallest absolute Gasteiger partial charge is 0.278 e. The lowest BCUT2D eigenvalue weighted by Crippen LogP contribution is -2.00. The standard InChI is InChI=1S/C12H14N2O3/c1-17-9-3-7-13-8-6-10-11(13)4-2-5-12(10)14(15)16/h2,4-6,8H,3,7,9H2,1H3. The molecule has 0 bridgehead atoms. The van der Waals surface area contributed by atoms with Gasteiger partial charge in [0.2, 0.25) is 0 Å². The van der Waals surface area contributed by atoms with Crippen molar-refractivity contribution < 1.29 is 9.66 Å². The van der Waals surface area contributed by atoms with Crippen LogP contribution in [-0.4, -0.2) is 23.2 Å². The van der Waals surface area contributed by atoms with Crippen molar-refractivity contribution in [3.8, 4) is 0 Å². The maximum atomic E-state index is 10.9. The molecule has 17 heavy (non-hydrogen) atoms. The van der Waals surface area contributed by atoms with Crippen molar-refractivity contribution in [1.29, 1.82) is 0 Å². The first-order valence-electron chi connectivity index (χ1n) is 5.45. The van der Waals surface area contributed by atoms with E-state index in [-0.39, 0.29) is 10.6 Å². The number of aryl methyl sites for hydroxylation is 1. The monoisotopic (exact) mass is 234 g/mol. The van der Waals surface area contributed by atoms with Gasteiger partial charge in [-0.2, -0.15) is 0 Å². The number of aromatic nitrogens is 1. The van der Waals surface area contributed by atoms with Crippen molar-refractivity contribution in [3.05, 3.63) is 40.6 Å². The Bertz CT molecular complexity index is 534. The van der Waals surface area contributed by atoms with Gasteiger partial charge in [0.15, 0.2) is 0 Å². The van der Waals surface area contributed by atoms with Gasteiger partial charge >= 0.3 is 0 Å². The third kappa shape index (κ3) is 2.29. The molecular formula is C12H14N2O3. The maximum absolute atomic E-state index is 10.9. The van der Waals surface area contributed by atoms with Crippen LogP contribution in [0.5, 0.6) is 0 Å². The molecule has 0 saturated heterocycles. The van der Waals surface area contributed by atoms with E-state index in [0.717, 1.165) is 18.5 Å². The lowest BCUT2D eigenvalue weighted by atomic mass is 10.2. The SMILES string of the molecule is COCCCn1ccc2c([N+](=O)[O-])cccc21. The second-order valence-electron chi connectivity index (χ2n) is 3.82. The molecule has 0 amide bonds. The van der Waals surface area contributed by atoms with E-state index in [1.54, 1.807) is 19.2 Å². The Morgan fingerprint density at radius 2 is 2.24 bits per heavy atom. The van der Waals surface area contributed by atoms with Crippen molar-refractivity contribution in [2.45, 2.75) is 13.0 Å². The molecule has 1 heterocycles. The van der Waals surface area contributed by atoms with Gasteiger partial charge in [0, 0.05) is 32.5 Å². The molecule has 0 saturated carbocycles. The second kappa shape index (κ2) is 4.97. The molecule has 1 aromatic carbocycles. The van der Waals surface area contributed by atoms with E-state index in [4.69, 9.17) is 4.74 Å². The van der Waals surface area contributed by atoms with E-state index in [1.807, 2.05) is 16.8 Å². The van der Waals surface area contributed by atoms with Gasteiger partial charge in [-0.3, -0.25) is 10.1 Å². The minimum Gasteiger partial charge on any atom is -0.385 e. The summed E-state index contributed by atoms with van der Waals surface area (Å²) in [5.41, 5.74) is 1.06. The summed E-state index contributed by atoms with van der Waals surface area (Å²) >= 11 is 0. The van der Waals surface area contributed by atoms with Gasteiger partial charge in [-0.05, 0) is 18.6 Å². The van der Waals surface area contributed by atoms with Gasteiger partial charge < -0.3 is 9.30 Å². The average Bonchev–Trinajstić information content (AvgIpc) is 2.72. The molecule has 0 N–H and O–H groups in total. The number of hydrogen-bond acceptors (Lipinski definition) is 3. The van der Waals surface area contributed by atoms with Crippen LogP contribution in [0.2, 0.25) is 0 Å². The molecule has 0 unspecified atom stereocenters. The summed E-state index contributed by atoms with van der Waals surface area (Å²) in [6.07, 6.45) is 2.77. The lowest BCUT2D eigenvalue weighted by Gasteiger charge is -2.04. The van der Waals surface area contributed by atoms with Crippen molar-refractivity contribution in [2.24, 2.45) is 0 Å². The quantitative estimate of drug-likeness (QED) is 0.454. The largest absolute Gasteiger partial charge is 0.385 e. The summed E-state index contributed by atoms with van der Waals surface area (Å²) in [6, 6.07) is 6.94. The molecule has 0 atom stereocenters. The molecule has 5 nitrogen and oxygen atoms in total. The average molecular weight is 234 g/mol. The Morgan fingerprint density at radius 3 is 2.94 bits per heavy atom. The Morgan fingerprint density at radius 1 is 1.41 bits per heavy atom. The van der Waals surface area contributed by atoms with Crippen LogP contribution in [0, 0.1) is 10.1 Å². The summed E-state index contributed by atoms with van der Waals surface area (Å²) in [7, 11) is 1.67. The van der Waals surface area contributed by atoms with Crippen LogP contribution in [0.25, 0.3) is 10.9 Å². The number of non-ortho nitro benzene ring substituents is 1. The molecule has 2 rings (SSSR count). The molecule has 0 spiro atoms. The molecular weight excluding hydrogens is 220 g/mol. The Kier molecular flexibility index (Phi) is 3.39. The molecule has 0 aliphatic rings. The zero-order chi connectivity index (χ0) is 12.3. The number of nitro benzene ring substituents is 1. The lowest BCUT2D eigenvalue weighted by molar-refractivity contribution is -0.383. The highest BCUT2D eigenvalue weighted by atomic mass is 16.6. The number of methoxy groups -OCH3 is 1. The number of nitrogens with zero attached hydrogens (tertiary/aromatic N) is 2. The van der Waals surface area contributed by atoms with Crippen LogP contribution in [-0.2, 0) is 11.3 Å². The normalized spacial score (nSPS) is 10.9. The van der Waals surface area contributed by atoms with E-state index in [9.17, 15) is 10.1 Å². The van der Waals surface area contributed by atoms with E-state index in [1.165, 1.54) is 6.07 Å². The fourth-order valence-electron chi connectivity index (χ4n) is 1.94. The highest BCUT2D eigenvalue weighted by Crippen LogP contribution is 2.26. The van der Waals surface area contributed by atoms with Crippen molar-refractivity contribution in [3.63, 3.8) is 0 Å². The molecule has 2 aromatic rings. The van der Waals surface area contributed by atoms with E-state index in [0.29, 0.717) is 12.0 Å². The summed E-state index contributed by atoms with van der Waals surface area (Å²) < 4.78 is 7.01. The van der Waals surface area contributed by atoms with E-state index in [2.05, 4.69) is 0 Å². The Labute approximate surface area is 98.8 Å². The molecule has 0 fully saturated rings. The summed E-state index contributed by atoms with van der Waals surface area (Å²) in [5, 5.41) is 11.6. The predicted octanol–water partition coefficient (Wildman–Crippen LogP) is 2.59. The maximum Gasteiger partial charge on any atom is 0.278 e. The first kappa shape index (κ1) is 11.6. The van der Waals surface area contributed by atoms with Crippen LogP contribution in [0.4, 0.5) is 5.69 Å². The minimum absolute atomic E-state index is 0.160. The van der Waals surface area contributed by atoms with Crippen LogP contribution in [0.15, 0.2) is 30.5 Å². The zero-order valence-electron chi connectivity index (χ0n) is 9.63. The zero-order valence-corrected chi connectivity index (χ0v) is 9.63. The van der Waals surface area contributed by atoms with Crippen molar-refractivity contribution in [2.75, 3.05) is 13.7 Å². The van der Waals surface area contributed by atoms with Gasteiger partial charge in [0.1, 0.15) is 0 Å². The number of fused-ring (bicyclic) bond motifs is 1. The van der Waals surface area contributed by atoms with Crippen LogP contribution in [0.1, 0.15) is 6.42 Å². The van der Waals surface area contributed by atoms with E-state index < -0.39 is 0 Å². The van der Waals surface area contributed by atoms with Crippen LogP contribution < -0.4 is 0 Å². The van der Waals surface area contributed by atoms with E-state index >= 15 is 0 Å². The molecule has 5 heteroatoms. The Balaban J connectivity index is 2.34. The van der Waals surface area contributed by atoms with Crippen molar-refractivity contribution >= 4 is 16.6 Å². The number of rotatable bonds is 5. The number of nitro groups is 1. The van der Waals surface area contributed by atoms with Crippen LogP contribution in [0.3, 0.4) is 0 Å². The topological polar surface area (TPSA) is 57.3 Å². The van der Waals surface area contributed by atoms with Crippen molar-refractivity contribution in [1.82, 2.24) is 4.57 Å². The first-order valence-corrected chi connectivity index (χ1v) is 5.45.